The number of carbonyl (C=O) groups excluding carboxylic acids is 1. The topological polar surface area (TPSA) is 100 Å². The van der Waals surface area contributed by atoms with Crippen LogP contribution in [0.15, 0.2) is 40.7 Å². The van der Waals surface area contributed by atoms with Crippen molar-refractivity contribution >= 4 is 23.4 Å². The first kappa shape index (κ1) is 15.1. The van der Waals surface area contributed by atoms with Gasteiger partial charge in [0, 0.05) is 4.88 Å². The minimum absolute atomic E-state index is 0.0384. The molecule has 6 nitrogen and oxygen atoms in total. The van der Waals surface area contributed by atoms with Gasteiger partial charge in [0.15, 0.2) is 5.96 Å². The van der Waals surface area contributed by atoms with E-state index in [9.17, 15) is 4.79 Å². The van der Waals surface area contributed by atoms with Crippen LogP contribution in [-0.2, 0) is 10.3 Å². The zero-order valence-electron chi connectivity index (χ0n) is 12.4. The van der Waals surface area contributed by atoms with Crippen LogP contribution in [0.3, 0.4) is 0 Å². The first-order valence-electron chi connectivity index (χ1n) is 6.89. The van der Waals surface area contributed by atoms with Crippen LogP contribution >= 0.6 is 11.3 Å². The molecule has 0 saturated carbocycles. The molecule has 0 fully saturated rings. The largest absolute Gasteiger partial charge is 0.446 e. The molecule has 1 aromatic carbocycles. The van der Waals surface area contributed by atoms with Gasteiger partial charge in [-0.1, -0.05) is 12.1 Å². The maximum Gasteiger partial charge on any atom is 0.414 e. The lowest BCUT2D eigenvalue weighted by molar-refractivity contribution is 0.131. The van der Waals surface area contributed by atoms with Crippen LogP contribution in [0.2, 0.25) is 0 Å². The number of guanidine groups is 1. The van der Waals surface area contributed by atoms with Crippen LogP contribution in [0.25, 0.3) is 11.1 Å². The molecule has 116 valence electrons. The molecule has 1 atom stereocenters. The van der Waals surface area contributed by atoms with Crippen molar-refractivity contribution < 1.29 is 9.53 Å². The Bertz CT molecular complexity index is 837. The molecule has 2 aromatic rings. The fourth-order valence-electron chi connectivity index (χ4n) is 2.34. The highest BCUT2D eigenvalue weighted by Crippen LogP contribution is 2.35. The number of rotatable bonds is 2. The van der Waals surface area contributed by atoms with Gasteiger partial charge in [0.2, 0.25) is 0 Å². The van der Waals surface area contributed by atoms with Crippen LogP contribution in [0.5, 0.6) is 0 Å². The Balaban J connectivity index is 1.96. The van der Waals surface area contributed by atoms with Gasteiger partial charge in [-0.15, -0.1) is 11.3 Å². The SMILES string of the molecule is CC1(c2cc(-c3cccc(C#N)c3)cs2)COC(=O)NC(N)=N1. The lowest BCUT2D eigenvalue weighted by Gasteiger charge is -2.21. The summed E-state index contributed by atoms with van der Waals surface area (Å²) in [6.45, 7) is 1.97. The van der Waals surface area contributed by atoms with E-state index in [0.717, 1.165) is 16.0 Å². The van der Waals surface area contributed by atoms with Crippen LogP contribution in [0, 0.1) is 11.3 Å². The van der Waals surface area contributed by atoms with Gasteiger partial charge < -0.3 is 10.5 Å². The number of nitriles is 1. The smallest absolute Gasteiger partial charge is 0.414 e. The van der Waals surface area contributed by atoms with Crippen molar-refractivity contribution in [2.24, 2.45) is 10.7 Å². The van der Waals surface area contributed by atoms with E-state index in [1.54, 1.807) is 6.07 Å². The van der Waals surface area contributed by atoms with Gasteiger partial charge in [-0.25, -0.2) is 9.79 Å². The molecule has 1 aliphatic heterocycles. The first-order chi connectivity index (χ1) is 11.0. The molecule has 23 heavy (non-hydrogen) atoms. The number of nitrogens with zero attached hydrogens (tertiary/aromatic N) is 2. The predicted octanol–water partition coefficient (Wildman–Crippen LogP) is 2.56. The summed E-state index contributed by atoms with van der Waals surface area (Å²) in [7, 11) is 0. The molecular formula is C16H14N4O2S. The number of carbonyl (C=O) groups is 1. The van der Waals surface area contributed by atoms with E-state index in [1.807, 2.05) is 36.6 Å². The second-order valence-corrected chi connectivity index (χ2v) is 6.28. The standard InChI is InChI=1S/C16H14N4O2S/c1-16(9-22-15(21)19-14(18)20-16)13-6-12(8-23-13)11-4-2-3-10(5-11)7-17/h2-6,8H,9H2,1H3,(H3,18,19,20,21). The minimum atomic E-state index is -0.737. The number of alkyl carbamates (subject to hydrolysis) is 1. The van der Waals surface area contributed by atoms with Crippen LogP contribution < -0.4 is 11.1 Å². The van der Waals surface area contributed by atoms with Crippen LogP contribution in [0.1, 0.15) is 17.4 Å². The molecule has 0 saturated heterocycles. The summed E-state index contributed by atoms with van der Waals surface area (Å²) in [4.78, 5) is 16.7. The minimum Gasteiger partial charge on any atom is -0.446 e. The number of aliphatic imine (C=N–C) groups is 1. The van der Waals surface area contributed by atoms with Crippen LogP contribution in [-0.4, -0.2) is 18.7 Å². The monoisotopic (exact) mass is 326 g/mol. The summed E-state index contributed by atoms with van der Waals surface area (Å²) >= 11 is 1.51. The molecule has 3 rings (SSSR count). The number of nitrogens with one attached hydrogen (secondary N) is 1. The average Bonchev–Trinajstić information content (AvgIpc) is 2.99. The van der Waals surface area contributed by atoms with Gasteiger partial charge in [0.05, 0.1) is 11.6 Å². The molecule has 0 spiro atoms. The number of ether oxygens (including phenoxy) is 1. The number of benzene rings is 1. The molecule has 0 aliphatic carbocycles. The second kappa shape index (κ2) is 5.74. The number of hydrogen-bond acceptors (Lipinski definition) is 6. The van der Waals surface area contributed by atoms with Crippen molar-refractivity contribution in [3.8, 4) is 17.2 Å². The summed E-state index contributed by atoms with van der Waals surface area (Å²) in [6.07, 6.45) is -0.603. The highest BCUT2D eigenvalue weighted by molar-refractivity contribution is 7.10. The van der Waals surface area contributed by atoms with Gasteiger partial charge in [-0.05, 0) is 41.6 Å². The molecule has 0 radical (unpaired) electrons. The number of thiophene rings is 1. The number of cyclic esters (lactones) is 1. The van der Waals surface area contributed by atoms with E-state index in [4.69, 9.17) is 15.7 Å². The van der Waals surface area contributed by atoms with E-state index in [-0.39, 0.29) is 12.6 Å². The molecule has 1 amide bonds. The molecule has 1 aliphatic rings. The Morgan fingerprint density at radius 3 is 3.04 bits per heavy atom. The third kappa shape index (κ3) is 3.03. The maximum atomic E-state index is 11.4. The van der Waals surface area contributed by atoms with Crippen LogP contribution in [0.4, 0.5) is 4.79 Å². The van der Waals surface area contributed by atoms with E-state index in [0.29, 0.717) is 5.56 Å². The third-order valence-electron chi connectivity index (χ3n) is 3.54. The lowest BCUT2D eigenvalue weighted by Crippen LogP contribution is -2.35. The highest BCUT2D eigenvalue weighted by Gasteiger charge is 2.33. The van der Waals surface area contributed by atoms with Gasteiger partial charge >= 0.3 is 6.09 Å². The quantitative estimate of drug-likeness (QED) is 0.885. The zero-order chi connectivity index (χ0) is 16.4. The van der Waals surface area contributed by atoms with Crippen molar-refractivity contribution in [3.05, 3.63) is 46.2 Å². The highest BCUT2D eigenvalue weighted by atomic mass is 32.1. The average molecular weight is 326 g/mol. The Labute approximate surface area is 137 Å². The Morgan fingerprint density at radius 1 is 1.43 bits per heavy atom. The molecule has 0 bridgehead atoms. The summed E-state index contributed by atoms with van der Waals surface area (Å²) in [6, 6.07) is 11.5. The molecule has 7 heteroatoms. The van der Waals surface area contributed by atoms with Gasteiger partial charge in [-0.2, -0.15) is 5.26 Å². The zero-order valence-corrected chi connectivity index (χ0v) is 13.2. The molecule has 2 heterocycles. The van der Waals surface area contributed by atoms with Crippen molar-refractivity contribution in [2.75, 3.05) is 6.61 Å². The van der Waals surface area contributed by atoms with Gasteiger partial charge in [0.1, 0.15) is 12.1 Å². The fourth-order valence-corrected chi connectivity index (χ4v) is 3.35. The molecule has 1 aromatic heterocycles. The number of hydrogen-bond donors (Lipinski definition) is 2. The van der Waals surface area contributed by atoms with E-state index in [2.05, 4.69) is 16.4 Å². The summed E-state index contributed by atoms with van der Waals surface area (Å²) < 4.78 is 5.11. The molecule has 1 unspecified atom stereocenters. The van der Waals surface area contributed by atoms with Crippen molar-refractivity contribution in [2.45, 2.75) is 12.5 Å². The summed E-state index contributed by atoms with van der Waals surface area (Å²) in [5.41, 5.74) is 7.51. The molecule has 3 N–H and O–H groups in total. The van der Waals surface area contributed by atoms with Gasteiger partial charge in [-0.3, -0.25) is 5.32 Å². The number of nitrogens with two attached hydrogens (primary N) is 1. The lowest BCUT2D eigenvalue weighted by atomic mass is 9.99. The van der Waals surface area contributed by atoms with Crippen molar-refractivity contribution in [1.82, 2.24) is 5.32 Å². The summed E-state index contributed by atoms with van der Waals surface area (Å²) in [5.74, 6) is 0.0384. The Hall–Kier alpha value is -2.85. The Kier molecular flexibility index (Phi) is 3.76. The van der Waals surface area contributed by atoms with Gasteiger partial charge in [0.25, 0.3) is 0 Å². The summed E-state index contributed by atoms with van der Waals surface area (Å²) in [5, 5.41) is 13.4. The Morgan fingerprint density at radius 2 is 2.26 bits per heavy atom. The first-order valence-corrected chi connectivity index (χ1v) is 7.77. The second-order valence-electron chi connectivity index (χ2n) is 5.36. The number of amides is 1. The maximum absolute atomic E-state index is 11.4. The van der Waals surface area contributed by atoms with E-state index >= 15 is 0 Å². The molecular weight excluding hydrogens is 312 g/mol. The fraction of sp³-hybridized carbons (Fsp3) is 0.188. The van der Waals surface area contributed by atoms with E-state index in [1.165, 1.54) is 11.3 Å². The van der Waals surface area contributed by atoms with Crippen molar-refractivity contribution in [3.63, 3.8) is 0 Å². The third-order valence-corrected chi connectivity index (χ3v) is 4.72. The van der Waals surface area contributed by atoms with Crippen molar-refractivity contribution in [1.29, 1.82) is 5.26 Å². The normalized spacial score (nSPS) is 20.7. The van der Waals surface area contributed by atoms with E-state index < -0.39 is 11.6 Å². The predicted molar refractivity (Wildman–Crippen MR) is 87.9 cm³/mol.